The molecule has 0 spiro atoms. The summed E-state index contributed by atoms with van der Waals surface area (Å²) in [6.07, 6.45) is 0.935. The topological polar surface area (TPSA) is 12.4 Å². The summed E-state index contributed by atoms with van der Waals surface area (Å²) >= 11 is 0. The lowest BCUT2D eigenvalue weighted by Crippen LogP contribution is -2.01. The van der Waals surface area contributed by atoms with Gasteiger partial charge in [0.05, 0.1) is 11.4 Å². The Labute approximate surface area is 139 Å². The average Bonchev–Trinajstić information content (AvgIpc) is 3.08. The number of para-hydroxylation sites is 1. The monoisotopic (exact) mass is 303 g/mol. The van der Waals surface area contributed by atoms with Crippen molar-refractivity contribution < 1.29 is 0 Å². The van der Waals surface area contributed by atoms with Crippen molar-refractivity contribution in [2.24, 2.45) is 4.99 Å². The first-order valence-electron chi connectivity index (χ1n) is 8.55. The van der Waals surface area contributed by atoms with Gasteiger partial charge >= 0.3 is 0 Å². The Kier molecular flexibility index (Phi) is 6.10. The van der Waals surface area contributed by atoms with Crippen LogP contribution in [0.2, 0.25) is 0 Å². The summed E-state index contributed by atoms with van der Waals surface area (Å²) in [5.41, 5.74) is 4.88. The molecule has 1 nitrogen and oxygen atoms in total. The van der Waals surface area contributed by atoms with Crippen molar-refractivity contribution in [2.75, 3.05) is 0 Å². The Bertz CT molecular complexity index is 794. The fourth-order valence-corrected chi connectivity index (χ4v) is 2.77. The molecule has 23 heavy (non-hydrogen) atoms. The minimum atomic E-state index is 0.935. The van der Waals surface area contributed by atoms with Crippen molar-refractivity contribution in [1.82, 2.24) is 0 Å². The van der Waals surface area contributed by atoms with Gasteiger partial charge in [-0.2, -0.15) is 0 Å². The number of hydrogen-bond donors (Lipinski definition) is 0. The van der Waals surface area contributed by atoms with Gasteiger partial charge in [0.2, 0.25) is 0 Å². The van der Waals surface area contributed by atoms with Crippen LogP contribution in [0, 0.1) is 0 Å². The zero-order valence-corrected chi connectivity index (χ0v) is 14.5. The lowest BCUT2D eigenvalue weighted by molar-refractivity contribution is 1.39. The number of hydrogen-bond acceptors (Lipinski definition) is 1. The SMILES string of the molecule is CC.CC.c1ccc2c(c1)CC(c1cccc3ccccc13)=N2. The summed E-state index contributed by atoms with van der Waals surface area (Å²) in [6.45, 7) is 8.00. The molecule has 0 radical (unpaired) electrons. The molecule has 0 saturated heterocycles. The van der Waals surface area contributed by atoms with E-state index < -0.39 is 0 Å². The third kappa shape index (κ3) is 3.50. The molecule has 0 amide bonds. The molecule has 1 heteroatoms. The van der Waals surface area contributed by atoms with Crippen LogP contribution in [-0.4, -0.2) is 5.71 Å². The van der Waals surface area contributed by atoms with Gasteiger partial charge in [-0.1, -0.05) is 88.4 Å². The number of fused-ring (bicyclic) bond motifs is 2. The molecular formula is C22H25N. The van der Waals surface area contributed by atoms with E-state index >= 15 is 0 Å². The summed E-state index contributed by atoms with van der Waals surface area (Å²) in [5.74, 6) is 0. The molecule has 0 atom stereocenters. The Hall–Kier alpha value is -2.41. The van der Waals surface area contributed by atoms with Crippen LogP contribution in [0.4, 0.5) is 5.69 Å². The summed E-state index contributed by atoms with van der Waals surface area (Å²) in [4.78, 5) is 4.79. The second-order valence-electron chi connectivity index (χ2n) is 4.89. The van der Waals surface area contributed by atoms with E-state index in [4.69, 9.17) is 4.99 Å². The lowest BCUT2D eigenvalue weighted by Gasteiger charge is -2.05. The molecule has 0 saturated carbocycles. The van der Waals surface area contributed by atoms with Crippen LogP contribution in [0.15, 0.2) is 71.7 Å². The van der Waals surface area contributed by atoms with Crippen LogP contribution in [-0.2, 0) is 6.42 Å². The molecule has 0 fully saturated rings. The smallest absolute Gasteiger partial charge is 0.0669 e. The molecule has 0 aromatic heterocycles. The van der Waals surface area contributed by atoms with E-state index in [-0.39, 0.29) is 0 Å². The van der Waals surface area contributed by atoms with Crippen LogP contribution < -0.4 is 0 Å². The van der Waals surface area contributed by atoms with Crippen LogP contribution in [0.1, 0.15) is 38.8 Å². The van der Waals surface area contributed by atoms with Crippen molar-refractivity contribution in [3.05, 3.63) is 77.9 Å². The van der Waals surface area contributed by atoms with E-state index in [0.29, 0.717) is 0 Å². The standard InChI is InChI=1S/C18H13N.2C2H6/c1-3-9-15-13(6-1)8-5-10-16(15)18-12-14-7-2-4-11-17(14)19-18;2*1-2/h1-11H,12H2;2*1-2H3. The van der Waals surface area contributed by atoms with E-state index in [2.05, 4.69) is 60.7 Å². The van der Waals surface area contributed by atoms with Gasteiger partial charge in [0.1, 0.15) is 0 Å². The van der Waals surface area contributed by atoms with E-state index in [1.165, 1.54) is 27.6 Å². The van der Waals surface area contributed by atoms with Crippen LogP contribution in [0.25, 0.3) is 10.8 Å². The highest BCUT2D eigenvalue weighted by molar-refractivity contribution is 6.14. The van der Waals surface area contributed by atoms with E-state index in [0.717, 1.165) is 12.1 Å². The Morgan fingerprint density at radius 2 is 1.35 bits per heavy atom. The number of nitrogens with zero attached hydrogens (tertiary/aromatic N) is 1. The Morgan fingerprint density at radius 1 is 0.696 bits per heavy atom. The molecule has 0 bridgehead atoms. The van der Waals surface area contributed by atoms with Crippen LogP contribution in [0.5, 0.6) is 0 Å². The maximum atomic E-state index is 4.79. The zero-order valence-electron chi connectivity index (χ0n) is 14.5. The van der Waals surface area contributed by atoms with Gasteiger partial charge in [0, 0.05) is 12.0 Å². The molecule has 1 aliphatic rings. The normalized spacial score (nSPS) is 11.6. The largest absolute Gasteiger partial charge is 0.252 e. The summed E-state index contributed by atoms with van der Waals surface area (Å²) < 4.78 is 0. The second kappa shape index (κ2) is 8.28. The average molecular weight is 303 g/mol. The molecule has 3 aromatic carbocycles. The lowest BCUT2D eigenvalue weighted by atomic mass is 9.98. The highest BCUT2D eigenvalue weighted by Crippen LogP contribution is 2.30. The van der Waals surface area contributed by atoms with Gasteiger partial charge in [-0.25, -0.2) is 0 Å². The molecule has 3 aromatic rings. The number of rotatable bonds is 1. The summed E-state index contributed by atoms with van der Waals surface area (Å²) in [6, 6.07) is 23.3. The van der Waals surface area contributed by atoms with Crippen molar-refractivity contribution >= 4 is 22.2 Å². The fourth-order valence-electron chi connectivity index (χ4n) is 2.77. The maximum Gasteiger partial charge on any atom is 0.0669 e. The quantitative estimate of drug-likeness (QED) is 0.482. The molecule has 1 heterocycles. The minimum absolute atomic E-state index is 0.935. The van der Waals surface area contributed by atoms with E-state index in [1.807, 2.05) is 33.8 Å². The first-order chi connectivity index (χ1) is 11.4. The Balaban J connectivity index is 0.000000448. The van der Waals surface area contributed by atoms with Crippen LogP contribution in [0.3, 0.4) is 0 Å². The minimum Gasteiger partial charge on any atom is -0.252 e. The van der Waals surface area contributed by atoms with Gasteiger partial charge in [0.25, 0.3) is 0 Å². The number of benzene rings is 3. The van der Waals surface area contributed by atoms with Crippen molar-refractivity contribution in [1.29, 1.82) is 0 Å². The van der Waals surface area contributed by atoms with Gasteiger partial charge in [0.15, 0.2) is 0 Å². The molecular weight excluding hydrogens is 278 g/mol. The van der Waals surface area contributed by atoms with Gasteiger partial charge in [-0.15, -0.1) is 0 Å². The predicted octanol–water partition coefficient (Wildman–Crippen LogP) is 6.57. The van der Waals surface area contributed by atoms with E-state index in [1.54, 1.807) is 0 Å². The molecule has 0 unspecified atom stereocenters. The van der Waals surface area contributed by atoms with Crippen molar-refractivity contribution in [3.63, 3.8) is 0 Å². The molecule has 0 aliphatic carbocycles. The highest BCUT2D eigenvalue weighted by atomic mass is 14.8. The second-order valence-corrected chi connectivity index (χ2v) is 4.89. The van der Waals surface area contributed by atoms with Gasteiger partial charge < -0.3 is 0 Å². The van der Waals surface area contributed by atoms with E-state index in [9.17, 15) is 0 Å². The molecule has 0 N–H and O–H groups in total. The molecule has 4 rings (SSSR count). The van der Waals surface area contributed by atoms with Gasteiger partial charge in [-0.05, 0) is 22.4 Å². The third-order valence-corrected chi connectivity index (χ3v) is 3.71. The predicted molar refractivity (Wildman–Crippen MR) is 103 cm³/mol. The fraction of sp³-hybridized carbons (Fsp3) is 0.227. The van der Waals surface area contributed by atoms with Crippen molar-refractivity contribution in [3.8, 4) is 0 Å². The third-order valence-electron chi connectivity index (χ3n) is 3.71. The molecule has 118 valence electrons. The first-order valence-corrected chi connectivity index (χ1v) is 8.55. The van der Waals surface area contributed by atoms with Gasteiger partial charge in [-0.3, -0.25) is 4.99 Å². The summed E-state index contributed by atoms with van der Waals surface area (Å²) in [5, 5.41) is 2.57. The maximum absolute atomic E-state index is 4.79. The summed E-state index contributed by atoms with van der Waals surface area (Å²) in [7, 11) is 0. The van der Waals surface area contributed by atoms with Crippen molar-refractivity contribution in [2.45, 2.75) is 34.1 Å². The number of aliphatic imine (C=N–C) groups is 1. The molecule has 1 aliphatic heterocycles. The highest BCUT2D eigenvalue weighted by Gasteiger charge is 2.16. The first kappa shape index (κ1) is 17.0. The Morgan fingerprint density at radius 3 is 2.13 bits per heavy atom. The zero-order chi connectivity index (χ0) is 16.7. The van der Waals surface area contributed by atoms with Crippen LogP contribution >= 0.6 is 0 Å².